The van der Waals surface area contributed by atoms with Crippen LogP contribution in [0.15, 0.2) is 45.9 Å². The minimum atomic E-state index is -3.46. The van der Waals surface area contributed by atoms with Crippen molar-refractivity contribution in [1.82, 2.24) is 9.29 Å². The normalized spacial score (nSPS) is 16.1. The molecule has 0 atom stereocenters. The van der Waals surface area contributed by atoms with E-state index in [9.17, 15) is 8.42 Å². The summed E-state index contributed by atoms with van der Waals surface area (Å²) < 4.78 is 33.1. The molecule has 1 aromatic carbocycles. The molecule has 1 fully saturated rings. The first-order chi connectivity index (χ1) is 10.9. The van der Waals surface area contributed by atoms with E-state index < -0.39 is 10.0 Å². The number of aryl methyl sites for hydroxylation is 2. The van der Waals surface area contributed by atoms with Crippen molar-refractivity contribution >= 4 is 26.0 Å². The maximum absolute atomic E-state index is 12.6. The third-order valence-corrected chi connectivity index (χ3v) is 6.36. The highest BCUT2D eigenvalue weighted by molar-refractivity contribution is 9.10. The van der Waals surface area contributed by atoms with Crippen LogP contribution in [0.1, 0.15) is 11.1 Å². The zero-order valence-electron chi connectivity index (χ0n) is 12.9. The van der Waals surface area contributed by atoms with Gasteiger partial charge in [-0.05, 0) is 65.2 Å². The maximum Gasteiger partial charge on any atom is 0.243 e. The highest BCUT2D eigenvalue weighted by Gasteiger charge is 2.38. The number of hydrogen-bond donors (Lipinski definition) is 0. The van der Waals surface area contributed by atoms with Crippen LogP contribution in [-0.4, -0.2) is 36.9 Å². The summed E-state index contributed by atoms with van der Waals surface area (Å²) in [6.45, 7) is 4.54. The van der Waals surface area contributed by atoms with Crippen LogP contribution in [0.2, 0.25) is 0 Å². The number of rotatable bonds is 4. The number of pyridine rings is 1. The van der Waals surface area contributed by atoms with Gasteiger partial charge in [0, 0.05) is 6.20 Å². The summed E-state index contributed by atoms with van der Waals surface area (Å²) in [5, 5.41) is 0. The largest absolute Gasteiger partial charge is 0.471 e. The lowest BCUT2D eigenvalue weighted by Gasteiger charge is -2.37. The predicted octanol–water partition coefficient (Wildman–Crippen LogP) is 2.91. The van der Waals surface area contributed by atoms with Crippen LogP contribution in [0.5, 0.6) is 5.88 Å². The van der Waals surface area contributed by atoms with Gasteiger partial charge in [0.2, 0.25) is 15.9 Å². The molecule has 0 N–H and O–H groups in total. The third kappa shape index (κ3) is 3.27. The number of aromatic nitrogens is 1. The third-order valence-electron chi connectivity index (χ3n) is 3.93. The number of ether oxygens (including phenoxy) is 1. The van der Waals surface area contributed by atoms with Crippen molar-refractivity contribution in [2.75, 3.05) is 13.1 Å². The first kappa shape index (κ1) is 16.4. The summed E-state index contributed by atoms with van der Waals surface area (Å²) in [7, 11) is -3.46. The van der Waals surface area contributed by atoms with Crippen molar-refractivity contribution in [3.8, 4) is 5.88 Å². The number of nitrogens with zero attached hydrogens (tertiary/aromatic N) is 2. The zero-order chi connectivity index (χ0) is 16.6. The van der Waals surface area contributed by atoms with Gasteiger partial charge < -0.3 is 4.74 Å². The summed E-state index contributed by atoms with van der Waals surface area (Å²) in [4.78, 5) is 4.46. The minimum Gasteiger partial charge on any atom is -0.471 e. The maximum atomic E-state index is 12.6. The molecule has 0 amide bonds. The summed E-state index contributed by atoms with van der Waals surface area (Å²) in [6.07, 6.45) is 1.46. The lowest BCUT2D eigenvalue weighted by Crippen LogP contribution is -2.56. The molecule has 5 nitrogen and oxygen atoms in total. The molecule has 122 valence electrons. The molecule has 0 radical (unpaired) electrons. The quantitative estimate of drug-likeness (QED) is 0.796. The van der Waals surface area contributed by atoms with E-state index in [-0.39, 0.29) is 6.10 Å². The highest BCUT2D eigenvalue weighted by Crippen LogP contribution is 2.28. The molecule has 7 heteroatoms. The van der Waals surface area contributed by atoms with Crippen LogP contribution in [0.25, 0.3) is 0 Å². The van der Waals surface area contributed by atoms with Crippen molar-refractivity contribution in [2.24, 2.45) is 0 Å². The van der Waals surface area contributed by atoms with E-state index in [0.717, 1.165) is 15.6 Å². The second-order valence-corrected chi connectivity index (χ2v) is 8.39. The van der Waals surface area contributed by atoms with Gasteiger partial charge in [0.25, 0.3) is 0 Å². The van der Waals surface area contributed by atoms with Gasteiger partial charge in [-0.3, -0.25) is 0 Å². The van der Waals surface area contributed by atoms with E-state index in [2.05, 4.69) is 20.9 Å². The van der Waals surface area contributed by atoms with Gasteiger partial charge in [0.05, 0.1) is 22.5 Å². The van der Waals surface area contributed by atoms with Crippen LogP contribution < -0.4 is 4.74 Å². The van der Waals surface area contributed by atoms with Crippen LogP contribution >= 0.6 is 15.9 Å². The van der Waals surface area contributed by atoms with Gasteiger partial charge in [-0.15, -0.1) is 0 Å². The van der Waals surface area contributed by atoms with Crippen LogP contribution in [-0.2, 0) is 10.0 Å². The molecule has 3 rings (SSSR count). The molecule has 0 aliphatic carbocycles. The molecule has 2 aromatic rings. The van der Waals surface area contributed by atoms with Gasteiger partial charge in [-0.25, -0.2) is 13.4 Å². The van der Waals surface area contributed by atoms with E-state index in [1.807, 2.05) is 26.0 Å². The van der Waals surface area contributed by atoms with Crippen LogP contribution in [0, 0.1) is 13.8 Å². The van der Waals surface area contributed by atoms with Crippen molar-refractivity contribution in [3.05, 3.63) is 52.1 Å². The lowest BCUT2D eigenvalue weighted by atomic mass is 10.1. The molecular formula is C16H17BrN2O3S. The Balaban J connectivity index is 1.68. The standard InChI is InChI=1S/C16H17BrN2O3S/c1-11-5-6-14(8-12(11)2)23(20,21)19-9-13(10-19)22-16-15(17)4-3-7-18-16/h3-8,13H,9-10H2,1-2H3. The molecular weight excluding hydrogens is 380 g/mol. The Kier molecular flexibility index (Phi) is 4.44. The average Bonchev–Trinajstić information content (AvgIpc) is 2.46. The molecule has 1 aliphatic rings. The minimum absolute atomic E-state index is 0.178. The van der Waals surface area contributed by atoms with Gasteiger partial charge in [-0.2, -0.15) is 4.31 Å². The Morgan fingerprint density at radius 3 is 2.61 bits per heavy atom. The fraction of sp³-hybridized carbons (Fsp3) is 0.312. The Morgan fingerprint density at radius 1 is 1.22 bits per heavy atom. The Bertz CT molecular complexity index is 833. The number of benzene rings is 1. The molecule has 0 bridgehead atoms. The summed E-state index contributed by atoms with van der Waals surface area (Å²) in [5.41, 5.74) is 2.05. The van der Waals surface area contributed by atoms with Crippen molar-refractivity contribution in [3.63, 3.8) is 0 Å². The molecule has 0 saturated carbocycles. The van der Waals surface area contributed by atoms with E-state index in [1.54, 1.807) is 24.4 Å². The van der Waals surface area contributed by atoms with Crippen molar-refractivity contribution in [2.45, 2.75) is 24.8 Å². The lowest BCUT2D eigenvalue weighted by molar-refractivity contribution is 0.0713. The SMILES string of the molecule is Cc1ccc(S(=O)(=O)N2CC(Oc3ncccc3Br)C2)cc1C. The Hall–Kier alpha value is -1.44. The fourth-order valence-electron chi connectivity index (χ4n) is 2.31. The van der Waals surface area contributed by atoms with E-state index in [0.29, 0.717) is 23.9 Å². The zero-order valence-corrected chi connectivity index (χ0v) is 15.3. The van der Waals surface area contributed by atoms with Gasteiger partial charge in [0.15, 0.2) is 0 Å². The summed E-state index contributed by atoms with van der Waals surface area (Å²) in [6, 6.07) is 8.84. The number of hydrogen-bond acceptors (Lipinski definition) is 4. The molecule has 1 saturated heterocycles. The van der Waals surface area contributed by atoms with Crippen molar-refractivity contribution < 1.29 is 13.2 Å². The Morgan fingerprint density at radius 2 is 1.96 bits per heavy atom. The van der Waals surface area contributed by atoms with E-state index >= 15 is 0 Å². The monoisotopic (exact) mass is 396 g/mol. The van der Waals surface area contributed by atoms with E-state index in [1.165, 1.54) is 4.31 Å². The smallest absolute Gasteiger partial charge is 0.243 e. The van der Waals surface area contributed by atoms with Gasteiger partial charge >= 0.3 is 0 Å². The first-order valence-electron chi connectivity index (χ1n) is 7.22. The molecule has 0 unspecified atom stereocenters. The molecule has 0 spiro atoms. The first-order valence-corrected chi connectivity index (χ1v) is 9.46. The Labute approximate surface area is 144 Å². The summed E-state index contributed by atoms with van der Waals surface area (Å²) in [5.74, 6) is 0.487. The summed E-state index contributed by atoms with van der Waals surface area (Å²) >= 11 is 3.36. The van der Waals surface area contributed by atoms with Crippen molar-refractivity contribution in [1.29, 1.82) is 0 Å². The predicted molar refractivity (Wildman–Crippen MR) is 91.0 cm³/mol. The second kappa shape index (κ2) is 6.22. The van der Waals surface area contributed by atoms with Crippen LogP contribution in [0.3, 0.4) is 0 Å². The molecule has 23 heavy (non-hydrogen) atoms. The number of halogens is 1. The van der Waals surface area contributed by atoms with E-state index in [4.69, 9.17) is 4.74 Å². The molecule has 1 aromatic heterocycles. The number of sulfonamides is 1. The highest BCUT2D eigenvalue weighted by atomic mass is 79.9. The average molecular weight is 397 g/mol. The van der Waals surface area contributed by atoms with Gasteiger partial charge in [0.1, 0.15) is 6.10 Å². The second-order valence-electron chi connectivity index (χ2n) is 5.60. The molecule has 1 aliphatic heterocycles. The van der Waals surface area contributed by atoms with Gasteiger partial charge in [-0.1, -0.05) is 6.07 Å². The fourth-order valence-corrected chi connectivity index (χ4v) is 4.25. The molecule has 2 heterocycles. The topological polar surface area (TPSA) is 59.5 Å². The van der Waals surface area contributed by atoms with Crippen LogP contribution in [0.4, 0.5) is 0 Å².